The fraction of sp³-hybridized carbons (Fsp3) is 0.105. The molecule has 2 aromatic carbocycles. The van der Waals surface area contributed by atoms with Crippen molar-refractivity contribution in [2.45, 2.75) is 18.2 Å². The molecule has 0 bridgehead atoms. The Labute approximate surface area is 170 Å². The fourth-order valence-corrected chi connectivity index (χ4v) is 3.84. The predicted octanol–water partition coefficient (Wildman–Crippen LogP) is 5.41. The summed E-state index contributed by atoms with van der Waals surface area (Å²) < 4.78 is 67.6. The Bertz CT molecular complexity index is 1130. The number of alkyl halides is 3. The Morgan fingerprint density at radius 1 is 0.966 bits per heavy atom. The third-order valence-electron chi connectivity index (χ3n) is 3.86. The molecular formula is C19H14ClF3N2O3S. The lowest BCUT2D eigenvalue weighted by atomic mass is 10.0. The fourth-order valence-electron chi connectivity index (χ4n) is 2.60. The molecule has 0 unspecified atom stereocenters. The Balaban J connectivity index is 1.82. The summed E-state index contributed by atoms with van der Waals surface area (Å²) in [5.74, 6) is -0.455. The van der Waals surface area contributed by atoms with E-state index in [2.05, 4.69) is 14.4 Å². The lowest BCUT2D eigenvalue weighted by molar-refractivity contribution is -0.274. The van der Waals surface area contributed by atoms with Crippen LogP contribution in [0.3, 0.4) is 0 Å². The van der Waals surface area contributed by atoms with Crippen LogP contribution in [0.25, 0.3) is 11.1 Å². The molecule has 0 radical (unpaired) electrons. The zero-order chi connectivity index (χ0) is 21.2. The number of sulfonamides is 1. The number of anilines is 1. The van der Waals surface area contributed by atoms with E-state index in [-0.39, 0.29) is 10.7 Å². The van der Waals surface area contributed by atoms with E-state index in [9.17, 15) is 21.6 Å². The van der Waals surface area contributed by atoms with Gasteiger partial charge >= 0.3 is 6.36 Å². The van der Waals surface area contributed by atoms with Crippen molar-refractivity contribution in [2.24, 2.45) is 0 Å². The molecular weight excluding hydrogens is 429 g/mol. The second kappa shape index (κ2) is 7.92. The van der Waals surface area contributed by atoms with Crippen LogP contribution >= 0.6 is 11.6 Å². The van der Waals surface area contributed by atoms with Gasteiger partial charge in [0.25, 0.3) is 10.0 Å². The molecule has 0 aliphatic rings. The van der Waals surface area contributed by atoms with Crippen molar-refractivity contribution in [1.82, 2.24) is 4.98 Å². The molecule has 5 nitrogen and oxygen atoms in total. The molecule has 0 aliphatic carbocycles. The molecule has 10 heteroatoms. The SMILES string of the molecule is Cc1nc(NS(=O)(=O)c2ccc(OC(F)(F)F)cc2)ccc1-c1ccccc1Cl. The first-order chi connectivity index (χ1) is 13.5. The van der Waals surface area contributed by atoms with Crippen LogP contribution in [0.4, 0.5) is 19.0 Å². The highest BCUT2D eigenvalue weighted by atomic mass is 35.5. The van der Waals surface area contributed by atoms with Crippen LogP contribution in [-0.2, 0) is 10.0 Å². The van der Waals surface area contributed by atoms with Gasteiger partial charge in [0.2, 0.25) is 0 Å². The number of ether oxygens (including phenoxy) is 1. The van der Waals surface area contributed by atoms with Gasteiger partial charge in [-0.1, -0.05) is 29.8 Å². The Kier molecular flexibility index (Phi) is 5.72. The van der Waals surface area contributed by atoms with E-state index >= 15 is 0 Å². The van der Waals surface area contributed by atoms with Gasteiger partial charge in [-0.2, -0.15) is 0 Å². The standard InChI is InChI=1S/C19H14ClF3N2O3S/c1-12-15(16-4-2-3-5-17(16)20)10-11-18(24-12)25-29(26,27)14-8-6-13(7-9-14)28-19(21,22)23/h2-11H,1H3,(H,24,25). The monoisotopic (exact) mass is 442 g/mol. The summed E-state index contributed by atoms with van der Waals surface area (Å²) in [5.41, 5.74) is 2.05. The maximum absolute atomic E-state index is 12.5. The maximum Gasteiger partial charge on any atom is 0.573 e. The quantitative estimate of drug-likeness (QED) is 0.573. The number of pyridine rings is 1. The number of rotatable bonds is 5. The summed E-state index contributed by atoms with van der Waals surface area (Å²) in [5, 5.41) is 0.534. The number of halogens is 4. The number of aryl methyl sites for hydroxylation is 1. The zero-order valence-electron chi connectivity index (χ0n) is 14.9. The molecule has 0 aliphatic heterocycles. The minimum atomic E-state index is -4.86. The van der Waals surface area contributed by atoms with Crippen LogP contribution in [-0.4, -0.2) is 19.8 Å². The molecule has 29 heavy (non-hydrogen) atoms. The molecule has 1 heterocycles. The molecule has 0 saturated heterocycles. The minimum Gasteiger partial charge on any atom is -0.406 e. The first-order valence-electron chi connectivity index (χ1n) is 8.16. The summed E-state index contributed by atoms with van der Waals surface area (Å²) in [4.78, 5) is 4.01. The van der Waals surface area contributed by atoms with Crippen molar-refractivity contribution >= 4 is 27.4 Å². The number of aromatic nitrogens is 1. The molecule has 1 N–H and O–H groups in total. The van der Waals surface area contributed by atoms with E-state index in [0.717, 1.165) is 35.4 Å². The van der Waals surface area contributed by atoms with Crippen LogP contribution in [0.15, 0.2) is 65.6 Å². The van der Waals surface area contributed by atoms with E-state index < -0.39 is 22.1 Å². The Morgan fingerprint density at radius 3 is 2.21 bits per heavy atom. The van der Waals surface area contributed by atoms with Crippen molar-refractivity contribution in [2.75, 3.05) is 4.72 Å². The van der Waals surface area contributed by atoms with Gasteiger partial charge in [0, 0.05) is 21.8 Å². The van der Waals surface area contributed by atoms with Crippen molar-refractivity contribution < 1.29 is 26.3 Å². The zero-order valence-corrected chi connectivity index (χ0v) is 16.4. The first kappa shape index (κ1) is 20.9. The normalized spacial score (nSPS) is 11.9. The van der Waals surface area contributed by atoms with Crippen LogP contribution in [0.5, 0.6) is 5.75 Å². The molecule has 3 rings (SSSR count). The Hall–Kier alpha value is -2.78. The van der Waals surface area contributed by atoms with Gasteiger partial charge in [0.1, 0.15) is 11.6 Å². The number of benzene rings is 2. The molecule has 0 atom stereocenters. The summed E-state index contributed by atoms with van der Waals surface area (Å²) >= 11 is 6.19. The molecule has 3 aromatic rings. The highest BCUT2D eigenvalue weighted by Gasteiger charge is 2.31. The van der Waals surface area contributed by atoms with E-state index in [1.807, 2.05) is 12.1 Å². The highest BCUT2D eigenvalue weighted by Crippen LogP contribution is 2.30. The summed E-state index contributed by atoms with van der Waals surface area (Å²) in [7, 11) is -4.05. The minimum absolute atomic E-state index is 0.0638. The highest BCUT2D eigenvalue weighted by molar-refractivity contribution is 7.92. The summed E-state index contributed by atoms with van der Waals surface area (Å²) in [6.45, 7) is 1.71. The van der Waals surface area contributed by atoms with Crippen LogP contribution in [0, 0.1) is 6.92 Å². The average Bonchev–Trinajstić information content (AvgIpc) is 2.61. The van der Waals surface area contributed by atoms with E-state index in [1.54, 1.807) is 25.1 Å². The third kappa shape index (κ3) is 5.18. The number of hydrogen-bond donors (Lipinski definition) is 1. The second-order valence-corrected chi connectivity index (χ2v) is 8.02. The molecule has 0 saturated carbocycles. The molecule has 0 amide bonds. The topological polar surface area (TPSA) is 68.3 Å². The number of nitrogens with zero attached hydrogens (tertiary/aromatic N) is 1. The summed E-state index contributed by atoms with van der Waals surface area (Å²) in [6.07, 6.45) is -4.86. The van der Waals surface area contributed by atoms with E-state index in [4.69, 9.17) is 11.6 Å². The first-order valence-corrected chi connectivity index (χ1v) is 10.0. The second-order valence-electron chi connectivity index (χ2n) is 5.93. The van der Waals surface area contributed by atoms with Crippen LogP contribution in [0.1, 0.15) is 5.69 Å². The molecule has 1 aromatic heterocycles. The van der Waals surface area contributed by atoms with Gasteiger partial charge in [-0.05, 0) is 49.4 Å². The van der Waals surface area contributed by atoms with Gasteiger partial charge in [-0.3, -0.25) is 4.72 Å². The van der Waals surface area contributed by atoms with Gasteiger partial charge in [0.05, 0.1) is 4.90 Å². The molecule has 0 spiro atoms. The van der Waals surface area contributed by atoms with Gasteiger partial charge in [0.15, 0.2) is 0 Å². The van der Waals surface area contributed by atoms with Gasteiger partial charge < -0.3 is 4.74 Å². The van der Waals surface area contributed by atoms with Crippen molar-refractivity contribution in [3.8, 4) is 16.9 Å². The lowest BCUT2D eigenvalue weighted by Gasteiger charge is -2.12. The lowest BCUT2D eigenvalue weighted by Crippen LogP contribution is -2.17. The third-order valence-corrected chi connectivity index (χ3v) is 5.56. The van der Waals surface area contributed by atoms with Crippen LogP contribution < -0.4 is 9.46 Å². The van der Waals surface area contributed by atoms with Crippen molar-refractivity contribution in [1.29, 1.82) is 0 Å². The molecule has 0 fully saturated rings. The van der Waals surface area contributed by atoms with Crippen molar-refractivity contribution in [3.63, 3.8) is 0 Å². The predicted molar refractivity (Wildman–Crippen MR) is 103 cm³/mol. The summed E-state index contributed by atoms with van der Waals surface area (Å²) in [6, 6.07) is 14.2. The van der Waals surface area contributed by atoms with E-state index in [0.29, 0.717) is 10.7 Å². The number of nitrogens with one attached hydrogen (secondary N) is 1. The Morgan fingerprint density at radius 2 is 1.62 bits per heavy atom. The number of hydrogen-bond acceptors (Lipinski definition) is 4. The van der Waals surface area contributed by atoms with E-state index in [1.165, 1.54) is 6.07 Å². The largest absolute Gasteiger partial charge is 0.573 e. The molecule has 152 valence electrons. The van der Waals surface area contributed by atoms with Crippen molar-refractivity contribution in [3.05, 3.63) is 71.4 Å². The van der Waals surface area contributed by atoms with Gasteiger partial charge in [-0.25, -0.2) is 13.4 Å². The average molecular weight is 443 g/mol. The smallest absolute Gasteiger partial charge is 0.406 e. The van der Waals surface area contributed by atoms with Crippen LogP contribution in [0.2, 0.25) is 5.02 Å². The van der Waals surface area contributed by atoms with Gasteiger partial charge in [-0.15, -0.1) is 13.2 Å². The maximum atomic E-state index is 12.5.